The Morgan fingerprint density at radius 3 is 2.74 bits per heavy atom. The molecule has 0 radical (unpaired) electrons. The molecule has 1 aromatic rings. The largest absolute Gasteiger partial charge is 0.396 e. The molecule has 2 rings (SSSR count). The van der Waals surface area contributed by atoms with Crippen molar-refractivity contribution in [2.24, 2.45) is 5.92 Å². The fourth-order valence-corrected chi connectivity index (χ4v) is 2.93. The first-order chi connectivity index (χ1) is 9.24. The van der Waals surface area contributed by atoms with Crippen molar-refractivity contribution >= 4 is 0 Å². The van der Waals surface area contributed by atoms with Crippen LogP contribution in [-0.4, -0.2) is 24.8 Å². The summed E-state index contributed by atoms with van der Waals surface area (Å²) in [6, 6.07) is 5.18. The van der Waals surface area contributed by atoms with Crippen molar-refractivity contribution in [2.45, 2.75) is 38.5 Å². The number of rotatable bonds is 5. The molecule has 0 aromatic heterocycles. The Labute approximate surface area is 115 Å². The van der Waals surface area contributed by atoms with Gasteiger partial charge in [0.1, 0.15) is 5.82 Å². The fraction of sp³-hybridized carbons (Fsp3) is 0.625. The smallest absolute Gasteiger partial charge is 0.123 e. The Balaban J connectivity index is 2.21. The first-order valence-electron chi connectivity index (χ1n) is 7.34. The first kappa shape index (κ1) is 14.5. The molecule has 1 fully saturated rings. The summed E-state index contributed by atoms with van der Waals surface area (Å²) in [5, 5.41) is 12.7. The van der Waals surface area contributed by atoms with Gasteiger partial charge in [-0.15, -0.1) is 0 Å². The third kappa shape index (κ3) is 3.77. The Bertz CT molecular complexity index is 398. The number of aliphatic hydroxyl groups excluding tert-OH is 1. The average molecular weight is 265 g/mol. The van der Waals surface area contributed by atoms with Crippen LogP contribution in [0.1, 0.15) is 43.2 Å². The lowest BCUT2D eigenvalue weighted by Crippen LogP contribution is -2.27. The van der Waals surface area contributed by atoms with Gasteiger partial charge in [-0.1, -0.05) is 19.4 Å². The molecule has 1 atom stereocenters. The average Bonchev–Trinajstić information content (AvgIpc) is 2.46. The molecule has 2 N–H and O–H groups in total. The van der Waals surface area contributed by atoms with Crippen LogP contribution in [-0.2, 0) is 6.42 Å². The van der Waals surface area contributed by atoms with Crippen LogP contribution in [0.2, 0.25) is 0 Å². The molecule has 0 aliphatic carbocycles. The number of piperidine rings is 1. The van der Waals surface area contributed by atoms with Gasteiger partial charge >= 0.3 is 0 Å². The molecule has 19 heavy (non-hydrogen) atoms. The van der Waals surface area contributed by atoms with Gasteiger partial charge in [-0.05, 0) is 67.4 Å². The monoisotopic (exact) mass is 265 g/mol. The van der Waals surface area contributed by atoms with Crippen LogP contribution < -0.4 is 5.32 Å². The molecule has 0 spiro atoms. The highest BCUT2D eigenvalue weighted by Gasteiger charge is 2.20. The molecule has 106 valence electrons. The number of hydrogen-bond acceptors (Lipinski definition) is 2. The van der Waals surface area contributed by atoms with Crippen molar-refractivity contribution in [3.63, 3.8) is 0 Å². The molecule has 1 heterocycles. The summed E-state index contributed by atoms with van der Waals surface area (Å²) in [6.07, 6.45) is 3.95. The molecule has 2 nitrogen and oxygen atoms in total. The topological polar surface area (TPSA) is 32.3 Å². The number of halogens is 1. The molecule has 0 saturated carbocycles. The molecule has 1 aliphatic rings. The van der Waals surface area contributed by atoms with Crippen molar-refractivity contribution in [3.8, 4) is 0 Å². The third-order valence-corrected chi connectivity index (χ3v) is 4.23. The summed E-state index contributed by atoms with van der Waals surface area (Å²) in [5.74, 6) is 0.607. The molecular formula is C16H24FNO. The van der Waals surface area contributed by atoms with E-state index in [2.05, 4.69) is 12.2 Å². The van der Waals surface area contributed by atoms with Crippen LogP contribution in [0.5, 0.6) is 0 Å². The number of hydrogen-bond donors (Lipinski definition) is 2. The zero-order chi connectivity index (χ0) is 13.7. The number of benzene rings is 1. The second kappa shape index (κ2) is 7.01. The summed E-state index contributed by atoms with van der Waals surface area (Å²) >= 11 is 0. The highest BCUT2D eigenvalue weighted by Crippen LogP contribution is 2.30. The Hall–Kier alpha value is -0.930. The quantitative estimate of drug-likeness (QED) is 0.858. The van der Waals surface area contributed by atoms with Gasteiger partial charge < -0.3 is 10.4 Å². The van der Waals surface area contributed by atoms with E-state index in [0.717, 1.165) is 44.3 Å². The van der Waals surface area contributed by atoms with Crippen LogP contribution in [0.25, 0.3) is 0 Å². The fourth-order valence-electron chi connectivity index (χ4n) is 2.93. The maximum absolute atomic E-state index is 13.5. The maximum Gasteiger partial charge on any atom is 0.123 e. The SMILES string of the molecule is CCC(CO)Cc1cc(F)ccc1C1CCNCC1. The molecule has 3 heteroatoms. The molecule has 0 amide bonds. The highest BCUT2D eigenvalue weighted by atomic mass is 19.1. The van der Waals surface area contributed by atoms with Crippen LogP contribution in [0.15, 0.2) is 18.2 Å². The Kier molecular flexibility index (Phi) is 5.34. The van der Waals surface area contributed by atoms with Crippen molar-refractivity contribution < 1.29 is 9.50 Å². The zero-order valence-corrected chi connectivity index (χ0v) is 11.7. The van der Waals surface area contributed by atoms with Gasteiger partial charge in [0.15, 0.2) is 0 Å². The van der Waals surface area contributed by atoms with Crippen LogP contribution in [0.4, 0.5) is 4.39 Å². The summed E-state index contributed by atoms with van der Waals surface area (Å²) in [6.45, 7) is 4.33. The predicted octanol–water partition coefficient (Wildman–Crippen LogP) is 2.85. The standard InChI is InChI=1S/C16H24FNO/c1-2-12(11-19)9-14-10-15(17)3-4-16(14)13-5-7-18-8-6-13/h3-4,10,12-13,18-19H,2,5-9,11H2,1H3. The van der Waals surface area contributed by atoms with Crippen LogP contribution >= 0.6 is 0 Å². The van der Waals surface area contributed by atoms with Gasteiger partial charge in [0.05, 0.1) is 0 Å². The van der Waals surface area contributed by atoms with Crippen LogP contribution in [0.3, 0.4) is 0 Å². The Morgan fingerprint density at radius 1 is 1.37 bits per heavy atom. The lowest BCUT2D eigenvalue weighted by Gasteiger charge is -2.26. The van der Waals surface area contributed by atoms with E-state index in [1.165, 1.54) is 5.56 Å². The van der Waals surface area contributed by atoms with E-state index in [1.54, 1.807) is 12.1 Å². The van der Waals surface area contributed by atoms with Crippen molar-refractivity contribution in [3.05, 3.63) is 35.1 Å². The van der Waals surface area contributed by atoms with Crippen molar-refractivity contribution in [1.29, 1.82) is 0 Å². The molecule has 1 aromatic carbocycles. The molecular weight excluding hydrogens is 241 g/mol. The van der Waals surface area contributed by atoms with E-state index in [9.17, 15) is 9.50 Å². The Morgan fingerprint density at radius 2 is 2.11 bits per heavy atom. The molecule has 1 unspecified atom stereocenters. The highest BCUT2D eigenvalue weighted by molar-refractivity contribution is 5.32. The van der Waals surface area contributed by atoms with E-state index < -0.39 is 0 Å². The van der Waals surface area contributed by atoms with E-state index in [0.29, 0.717) is 5.92 Å². The van der Waals surface area contributed by atoms with Gasteiger partial charge in [-0.3, -0.25) is 0 Å². The lowest BCUT2D eigenvalue weighted by molar-refractivity contribution is 0.221. The van der Waals surface area contributed by atoms with Crippen LogP contribution in [0, 0.1) is 11.7 Å². The number of aliphatic hydroxyl groups is 1. The normalized spacial score (nSPS) is 18.5. The van der Waals surface area contributed by atoms with Crippen molar-refractivity contribution in [2.75, 3.05) is 19.7 Å². The van der Waals surface area contributed by atoms with Gasteiger partial charge in [0, 0.05) is 6.61 Å². The molecule has 1 saturated heterocycles. The zero-order valence-electron chi connectivity index (χ0n) is 11.7. The minimum Gasteiger partial charge on any atom is -0.396 e. The van der Waals surface area contributed by atoms with E-state index >= 15 is 0 Å². The summed E-state index contributed by atoms with van der Waals surface area (Å²) in [7, 11) is 0. The summed E-state index contributed by atoms with van der Waals surface area (Å²) in [5.41, 5.74) is 2.38. The minimum absolute atomic E-state index is 0.166. The second-order valence-corrected chi connectivity index (χ2v) is 5.53. The van der Waals surface area contributed by atoms with E-state index in [-0.39, 0.29) is 18.3 Å². The number of nitrogens with one attached hydrogen (secondary N) is 1. The minimum atomic E-state index is -0.166. The first-order valence-corrected chi connectivity index (χ1v) is 7.34. The van der Waals surface area contributed by atoms with Gasteiger partial charge in [0.2, 0.25) is 0 Å². The predicted molar refractivity (Wildman–Crippen MR) is 75.8 cm³/mol. The van der Waals surface area contributed by atoms with Gasteiger partial charge in [0.25, 0.3) is 0 Å². The van der Waals surface area contributed by atoms with Gasteiger partial charge in [-0.25, -0.2) is 4.39 Å². The summed E-state index contributed by atoms with van der Waals surface area (Å²) < 4.78 is 13.5. The van der Waals surface area contributed by atoms with Crippen molar-refractivity contribution in [1.82, 2.24) is 5.32 Å². The molecule has 0 bridgehead atoms. The lowest BCUT2D eigenvalue weighted by atomic mass is 9.84. The van der Waals surface area contributed by atoms with E-state index in [4.69, 9.17) is 0 Å². The van der Waals surface area contributed by atoms with Gasteiger partial charge in [-0.2, -0.15) is 0 Å². The maximum atomic E-state index is 13.5. The third-order valence-electron chi connectivity index (χ3n) is 4.23. The van der Waals surface area contributed by atoms with E-state index in [1.807, 2.05) is 6.07 Å². The summed E-state index contributed by atoms with van der Waals surface area (Å²) in [4.78, 5) is 0. The second-order valence-electron chi connectivity index (χ2n) is 5.53. The molecule has 1 aliphatic heterocycles.